The number of nitrogens with zero attached hydrogens (tertiary/aromatic N) is 1. The van der Waals surface area contributed by atoms with Gasteiger partial charge in [0, 0.05) is 25.7 Å². The van der Waals surface area contributed by atoms with Crippen molar-refractivity contribution in [2.24, 2.45) is 11.3 Å². The van der Waals surface area contributed by atoms with Gasteiger partial charge in [0.15, 0.2) is 0 Å². The minimum atomic E-state index is 0.287. The number of hydrogen-bond donors (Lipinski definition) is 2. The van der Waals surface area contributed by atoms with E-state index >= 15 is 0 Å². The van der Waals surface area contributed by atoms with Crippen LogP contribution >= 0.6 is 0 Å². The van der Waals surface area contributed by atoms with Crippen molar-refractivity contribution in [1.29, 1.82) is 0 Å². The van der Waals surface area contributed by atoms with Gasteiger partial charge >= 0.3 is 0 Å². The Morgan fingerprint density at radius 3 is 2.45 bits per heavy atom. The van der Waals surface area contributed by atoms with Crippen LogP contribution in [0.15, 0.2) is 0 Å². The van der Waals surface area contributed by atoms with Crippen molar-refractivity contribution in [1.82, 2.24) is 10.2 Å². The molecule has 0 bridgehead atoms. The van der Waals surface area contributed by atoms with Gasteiger partial charge in [-0.2, -0.15) is 0 Å². The van der Waals surface area contributed by atoms with E-state index in [1.165, 1.54) is 32.1 Å². The van der Waals surface area contributed by atoms with E-state index in [9.17, 15) is 5.11 Å². The molecule has 0 amide bonds. The van der Waals surface area contributed by atoms with Gasteiger partial charge < -0.3 is 10.4 Å². The van der Waals surface area contributed by atoms with Gasteiger partial charge in [-0.1, -0.05) is 40.5 Å². The molecular weight excluding hydrogens is 248 g/mol. The Labute approximate surface area is 126 Å². The van der Waals surface area contributed by atoms with E-state index in [0.29, 0.717) is 17.4 Å². The second-order valence-corrected chi connectivity index (χ2v) is 7.32. The molecule has 1 saturated carbocycles. The number of hydrogen-bond acceptors (Lipinski definition) is 3. The predicted octanol–water partition coefficient (Wildman–Crippen LogP) is 2.89. The lowest BCUT2D eigenvalue weighted by molar-refractivity contribution is 0.0926. The van der Waals surface area contributed by atoms with E-state index in [0.717, 1.165) is 26.2 Å². The first-order valence-electron chi connectivity index (χ1n) is 8.56. The molecule has 3 nitrogen and oxygen atoms in total. The molecule has 1 atom stereocenters. The van der Waals surface area contributed by atoms with Crippen molar-refractivity contribution in [2.75, 3.05) is 32.8 Å². The molecule has 0 spiro atoms. The van der Waals surface area contributed by atoms with E-state index in [4.69, 9.17) is 0 Å². The summed E-state index contributed by atoms with van der Waals surface area (Å²) in [5.41, 5.74) is 0.312. The molecule has 20 heavy (non-hydrogen) atoms. The highest BCUT2D eigenvalue weighted by molar-refractivity contribution is 4.85. The third-order valence-electron chi connectivity index (χ3n) is 4.77. The summed E-state index contributed by atoms with van der Waals surface area (Å²) in [5.74, 6) is 0.708. The Hall–Kier alpha value is -0.120. The minimum absolute atomic E-state index is 0.287. The Bertz CT molecular complexity index is 251. The van der Waals surface area contributed by atoms with Gasteiger partial charge in [-0.25, -0.2) is 0 Å². The summed E-state index contributed by atoms with van der Waals surface area (Å²) < 4.78 is 0. The first kappa shape index (κ1) is 17.9. The average Bonchev–Trinajstić information content (AvgIpc) is 2.91. The van der Waals surface area contributed by atoms with Crippen molar-refractivity contribution in [2.45, 2.75) is 65.8 Å². The lowest BCUT2D eigenvalue weighted by Crippen LogP contribution is -2.47. The quantitative estimate of drug-likeness (QED) is 0.647. The van der Waals surface area contributed by atoms with E-state index in [-0.39, 0.29) is 6.61 Å². The van der Waals surface area contributed by atoms with Crippen LogP contribution in [0.2, 0.25) is 0 Å². The van der Waals surface area contributed by atoms with E-state index in [1.54, 1.807) is 0 Å². The van der Waals surface area contributed by atoms with Crippen molar-refractivity contribution in [3.63, 3.8) is 0 Å². The summed E-state index contributed by atoms with van der Waals surface area (Å²) in [7, 11) is 0. The van der Waals surface area contributed by atoms with E-state index in [1.807, 2.05) is 0 Å². The zero-order valence-corrected chi connectivity index (χ0v) is 14.1. The summed E-state index contributed by atoms with van der Waals surface area (Å²) in [6, 6.07) is 0.707. The number of aliphatic hydroxyl groups is 1. The van der Waals surface area contributed by atoms with Gasteiger partial charge in [-0.3, -0.25) is 4.90 Å². The fourth-order valence-electron chi connectivity index (χ4n) is 3.23. The number of aliphatic hydroxyl groups excluding tert-OH is 1. The fourth-order valence-corrected chi connectivity index (χ4v) is 3.23. The summed E-state index contributed by atoms with van der Waals surface area (Å²) in [5, 5.41) is 13.0. The molecule has 120 valence electrons. The van der Waals surface area contributed by atoms with Gasteiger partial charge in [0.05, 0.1) is 6.61 Å². The molecule has 1 aliphatic carbocycles. The third-order valence-corrected chi connectivity index (χ3v) is 4.77. The smallest absolute Gasteiger partial charge is 0.0558 e. The lowest BCUT2D eigenvalue weighted by Gasteiger charge is -2.38. The summed E-state index contributed by atoms with van der Waals surface area (Å²) in [6.45, 7) is 13.6. The molecule has 0 aromatic carbocycles. The molecule has 0 aromatic rings. The molecule has 1 rings (SSSR count). The van der Waals surface area contributed by atoms with Gasteiger partial charge in [0.25, 0.3) is 0 Å². The molecule has 3 heteroatoms. The molecule has 0 aromatic heterocycles. The van der Waals surface area contributed by atoms with Crippen molar-refractivity contribution >= 4 is 0 Å². The van der Waals surface area contributed by atoms with Gasteiger partial charge in [0.1, 0.15) is 0 Å². The maximum Gasteiger partial charge on any atom is 0.0558 e. The topological polar surface area (TPSA) is 35.5 Å². The maximum absolute atomic E-state index is 9.36. The molecule has 1 unspecified atom stereocenters. The number of nitrogens with one attached hydrogen (secondary N) is 1. The van der Waals surface area contributed by atoms with E-state index in [2.05, 4.69) is 37.9 Å². The molecule has 2 N–H and O–H groups in total. The van der Waals surface area contributed by atoms with Crippen LogP contribution in [0.25, 0.3) is 0 Å². The van der Waals surface area contributed by atoms with Crippen molar-refractivity contribution in [3.05, 3.63) is 0 Å². The average molecular weight is 284 g/mol. The summed E-state index contributed by atoms with van der Waals surface area (Å²) in [4.78, 5) is 2.55. The van der Waals surface area contributed by atoms with Gasteiger partial charge in [-0.15, -0.1) is 0 Å². The molecule has 1 aliphatic rings. The summed E-state index contributed by atoms with van der Waals surface area (Å²) in [6.07, 6.45) is 6.55. The predicted molar refractivity (Wildman–Crippen MR) is 87.0 cm³/mol. The second-order valence-electron chi connectivity index (χ2n) is 7.32. The SMILES string of the molecule is CCC(C)(CNCC(C)C)CN(CCO)C1CCCC1. The zero-order valence-electron chi connectivity index (χ0n) is 14.1. The lowest BCUT2D eigenvalue weighted by atomic mass is 9.86. The minimum Gasteiger partial charge on any atom is -0.395 e. The summed E-state index contributed by atoms with van der Waals surface area (Å²) >= 11 is 0. The van der Waals surface area contributed by atoms with Crippen LogP contribution in [0.3, 0.4) is 0 Å². The van der Waals surface area contributed by atoms with Crippen LogP contribution in [0, 0.1) is 11.3 Å². The Kier molecular flexibility index (Phi) is 8.08. The Balaban J connectivity index is 2.51. The van der Waals surface area contributed by atoms with Crippen molar-refractivity contribution in [3.8, 4) is 0 Å². The highest BCUT2D eigenvalue weighted by atomic mass is 16.3. The first-order valence-corrected chi connectivity index (χ1v) is 8.56. The van der Waals surface area contributed by atoms with Gasteiger partial charge in [0.2, 0.25) is 0 Å². The molecule has 0 aliphatic heterocycles. The van der Waals surface area contributed by atoms with Crippen LogP contribution in [0.4, 0.5) is 0 Å². The van der Waals surface area contributed by atoms with Crippen LogP contribution in [-0.4, -0.2) is 48.8 Å². The van der Waals surface area contributed by atoms with Gasteiger partial charge in [-0.05, 0) is 37.1 Å². The fraction of sp³-hybridized carbons (Fsp3) is 1.00. The van der Waals surface area contributed by atoms with Crippen LogP contribution in [-0.2, 0) is 0 Å². The van der Waals surface area contributed by atoms with Crippen LogP contribution in [0.1, 0.15) is 59.8 Å². The number of rotatable bonds is 10. The second kappa shape index (κ2) is 9.01. The highest BCUT2D eigenvalue weighted by Crippen LogP contribution is 2.28. The molecule has 1 fully saturated rings. The third kappa shape index (κ3) is 6.11. The van der Waals surface area contributed by atoms with Crippen LogP contribution < -0.4 is 5.32 Å². The molecule has 0 radical (unpaired) electrons. The molecule has 0 saturated heterocycles. The Morgan fingerprint density at radius 2 is 1.95 bits per heavy atom. The zero-order chi connectivity index (χ0) is 15.0. The van der Waals surface area contributed by atoms with Crippen LogP contribution in [0.5, 0.6) is 0 Å². The molecule has 0 heterocycles. The van der Waals surface area contributed by atoms with E-state index < -0.39 is 0 Å². The molecular formula is C17H36N2O. The maximum atomic E-state index is 9.36. The standard InChI is InChI=1S/C17H36N2O/c1-5-17(4,13-18-12-15(2)3)14-19(10-11-20)16-8-6-7-9-16/h15-16,18,20H,5-14H2,1-4H3. The highest BCUT2D eigenvalue weighted by Gasteiger charge is 2.30. The Morgan fingerprint density at radius 1 is 1.30 bits per heavy atom. The normalized spacial score (nSPS) is 19.9. The monoisotopic (exact) mass is 284 g/mol. The largest absolute Gasteiger partial charge is 0.395 e. The first-order chi connectivity index (χ1) is 9.50. The van der Waals surface area contributed by atoms with Crippen molar-refractivity contribution < 1.29 is 5.11 Å².